The van der Waals surface area contributed by atoms with Crippen molar-refractivity contribution in [1.29, 1.82) is 0 Å². The van der Waals surface area contributed by atoms with Gasteiger partial charge in [0.15, 0.2) is 6.61 Å². The zero-order valence-corrected chi connectivity index (χ0v) is 13.4. The third-order valence-electron chi connectivity index (χ3n) is 3.34. The fourth-order valence-corrected chi connectivity index (χ4v) is 2.35. The first-order chi connectivity index (χ1) is 11.1. The van der Waals surface area contributed by atoms with E-state index in [9.17, 15) is 0 Å². The van der Waals surface area contributed by atoms with E-state index in [1.165, 1.54) is 0 Å². The average Bonchev–Trinajstić information content (AvgIpc) is 3.01. The molecule has 0 saturated heterocycles. The highest BCUT2D eigenvalue weighted by molar-refractivity contribution is 5.55. The van der Waals surface area contributed by atoms with E-state index in [4.69, 9.17) is 13.9 Å². The average molecular weight is 310 g/mol. The van der Waals surface area contributed by atoms with Crippen LogP contribution >= 0.6 is 0 Å². The summed E-state index contributed by atoms with van der Waals surface area (Å²) in [5.41, 5.74) is 3.12. The van der Waals surface area contributed by atoms with Gasteiger partial charge in [-0.1, -0.05) is 12.1 Å². The molecule has 3 rings (SSSR count). The van der Waals surface area contributed by atoms with Crippen LogP contribution in [0.4, 0.5) is 0 Å². The molecule has 0 saturated carbocycles. The number of rotatable bonds is 5. The Morgan fingerprint density at radius 1 is 0.957 bits per heavy atom. The van der Waals surface area contributed by atoms with Crippen LogP contribution in [0.1, 0.15) is 17.0 Å². The third-order valence-corrected chi connectivity index (χ3v) is 3.34. The molecule has 0 N–H and O–H groups in total. The fourth-order valence-electron chi connectivity index (χ4n) is 2.35. The maximum atomic E-state index is 5.73. The molecule has 5 nitrogen and oxygen atoms in total. The second-order valence-electron chi connectivity index (χ2n) is 5.34. The Kier molecular flexibility index (Phi) is 4.28. The largest absolute Gasteiger partial charge is 0.497 e. The van der Waals surface area contributed by atoms with E-state index in [1.807, 2.05) is 50.2 Å². The van der Waals surface area contributed by atoms with Gasteiger partial charge in [0.2, 0.25) is 5.89 Å². The van der Waals surface area contributed by atoms with Crippen molar-refractivity contribution in [3.05, 3.63) is 59.5 Å². The molecule has 0 aliphatic heterocycles. The van der Waals surface area contributed by atoms with Gasteiger partial charge in [0, 0.05) is 5.56 Å². The first-order valence-corrected chi connectivity index (χ1v) is 7.32. The first kappa shape index (κ1) is 15.1. The molecule has 0 unspecified atom stereocenters. The molecule has 5 heteroatoms. The number of hydrogen-bond donors (Lipinski definition) is 0. The number of ether oxygens (including phenoxy) is 2. The van der Waals surface area contributed by atoms with Gasteiger partial charge in [-0.25, -0.2) is 0 Å². The predicted molar refractivity (Wildman–Crippen MR) is 86.5 cm³/mol. The molecule has 0 aliphatic carbocycles. The molecule has 0 aliphatic rings. The highest BCUT2D eigenvalue weighted by Crippen LogP contribution is 2.23. The van der Waals surface area contributed by atoms with Gasteiger partial charge < -0.3 is 13.9 Å². The molecule has 1 heterocycles. The molecule has 0 amide bonds. The molecule has 1 aromatic heterocycles. The van der Waals surface area contributed by atoms with E-state index in [0.29, 0.717) is 11.8 Å². The van der Waals surface area contributed by atoms with Crippen molar-refractivity contribution in [1.82, 2.24) is 10.2 Å². The summed E-state index contributed by atoms with van der Waals surface area (Å²) in [5, 5.41) is 8.08. The van der Waals surface area contributed by atoms with Gasteiger partial charge >= 0.3 is 0 Å². The highest BCUT2D eigenvalue weighted by Gasteiger charge is 2.10. The molecule has 2 aromatic carbocycles. The Labute approximate surface area is 134 Å². The lowest BCUT2D eigenvalue weighted by Crippen LogP contribution is -1.96. The minimum absolute atomic E-state index is 0.236. The van der Waals surface area contributed by atoms with Crippen molar-refractivity contribution in [3.63, 3.8) is 0 Å². The van der Waals surface area contributed by atoms with Crippen molar-refractivity contribution in [2.75, 3.05) is 7.11 Å². The number of benzene rings is 2. The molecule has 0 atom stereocenters. The Hall–Kier alpha value is -2.82. The maximum absolute atomic E-state index is 5.73. The SMILES string of the molecule is COc1cccc(-c2nnc(COc3cc(C)cc(C)c3)o2)c1. The summed E-state index contributed by atoms with van der Waals surface area (Å²) in [4.78, 5) is 0. The van der Waals surface area contributed by atoms with Crippen LogP contribution in [0, 0.1) is 13.8 Å². The van der Waals surface area contributed by atoms with Crippen molar-refractivity contribution in [2.24, 2.45) is 0 Å². The summed E-state index contributed by atoms with van der Waals surface area (Å²) >= 11 is 0. The van der Waals surface area contributed by atoms with E-state index in [2.05, 4.69) is 16.3 Å². The lowest BCUT2D eigenvalue weighted by molar-refractivity contribution is 0.264. The minimum atomic E-state index is 0.236. The summed E-state index contributed by atoms with van der Waals surface area (Å²) in [5.74, 6) is 2.42. The summed E-state index contributed by atoms with van der Waals surface area (Å²) in [6, 6.07) is 13.5. The predicted octanol–water partition coefficient (Wildman–Crippen LogP) is 3.94. The second kappa shape index (κ2) is 6.52. The topological polar surface area (TPSA) is 57.4 Å². The minimum Gasteiger partial charge on any atom is -0.497 e. The molecular weight excluding hydrogens is 292 g/mol. The van der Waals surface area contributed by atoms with Gasteiger partial charge in [-0.3, -0.25) is 0 Å². The highest BCUT2D eigenvalue weighted by atomic mass is 16.5. The number of nitrogens with zero attached hydrogens (tertiary/aromatic N) is 2. The Balaban J connectivity index is 1.71. The van der Waals surface area contributed by atoms with Gasteiger partial charge in [0.1, 0.15) is 11.5 Å². The zero-order valence-electron chi connectivity index (χ0n) is 13.4. The summed E-state index contributed by atoms with van der Waals surface area (Å²) in [6.45, 7) is 4.31. The van der Waals surface area contributed by atoms with Gasteiger partial charge in [-0.05, 0) is 55.3 Å². The standard InChI is InChI=1S/C18H18N2O3/c1-12-7-13(2)9-16(8-12)22-11-17-19-20-18(23-17)14-5-4-6-15(10-14)21-3/h4-10H,11H2,1-3H3. The van der Waals surface area contributed by atoms with E-state index in [0.717, 1.165) is 28.2 Å². The van der Waals surface area contributed by atoms with Crippen LogP contribution < -0.4 is 9.47 Å². The summed E-state index contributed by atoms with van der Waals surface area (Å²) in [7, 11) is 1.62. The van der Waals surface area contributed by atoms with E-state index in [1.54, 1.807) is 7.11 Å². The van der Waals surface area contributed by atoms with Gasteiger partial charge in [0.05, 0.1) is 7.11 Å². The van der Waals surface area contributed by atoms with Crippen LogP contribution in [0.3, 0.4) is 0 Å². The first-order valence-electron chi connectivity index (χ1n) is 7.32. The van der Waals surface area contributed by atoms with Crippen LogP contribution in [0.5, 0.6) is 11.5 Å². The summed E-state index contributed by atoms with van der Waals surface area (Å²) < 4.78 is 16.6. The van der Waals surface area contributed by atoms with Crippen LogP contribution in [0.2, 0.25) is 0 Å². The molecule has 3 aromatic rings. The molecule has 23 heavy (non-hydrogen) atoms. The van der Waals surface area contributed by atoms with Gasteiger partial charge in [0.25, 0.3) is 5.89 Å². The number of hydrogen-bond acceptors (Lipinski definition) is 5. The van der Waals surface area contributed by atoms with Gasteiger partial charge in [-0.15, -0.1) is 10.2 Å². The van der Waals surface area contributed by atoms with E-state index >= 15 is 0 Å². The maximum Gasteiger partial charge on any atom is 0.254 e. The Bertz CT molecular complexity index is 791. The molecule has 0 spiro atoms. The van der Waals surface area contributed by atoms with E-state index in [-0.39, 0.29) is 6.61 Å². The van der Waals surface area contributed by atoms with Crippen molar-refractivity contribution >= 4 is 0 Å². The smallest absolute Gasteiger partial charge is 0.254 e. The fraction of sp³-hybridized carbons (Fsp3) is 0.222. The van der Waals surface area contributed by atoms with Crippen LogP contribution in [0.15, 0.2) is 46.9 Å². The molecular formula is C18H18N2O3. The van der Waals surface area contributed by atoms with Crippen LogP contribution in [-0.2, 0) is 6.61 Å². The molecule has 118 valence electrons. The van der Waals surface area contributed by atoms with E-state index < -0.39 is 0 Å². The van der Waals surface area contributed by atoms with Crippen LogP contribution in [-0.4, -0.2) is 17.3 Å². The lowest BCUT2D eigenvalue weighted by atomic mass is 10.1. The number of aryl methyl sites for hydroxylation is 2. The second-order valence-corrected chi connectivity index (χ2v) is 5.34. The molecule has 0 radical (unpaired) electrons. The lowest BCUT2D eigenvalue weighted by Gasteiger charge is -2.05. The van der Waals surface area contributed by atoms with Crippen LogP contribution in [0.25, 0.3) is 11.5 Å². The van der Waals surface area contributed by atoms with Gasteiger partial charge in [-0.2, -0.15) is 0 Å². The molecule has 0 fully saturated rings. The quantitative estimate of drug-likeness (QED) is 0.714. The number of methoxy groups -OCH3 is 1. The molecule has 0 bridgehead atoms. The number of aromatic nitrogens is 2. The van der Waals surface area contributed by atoms with Crippen molar-refractivity contribution in [2.45, 2.75) is 20.5 Å². The zero-order chi connectivity index (χ0) is 16.2. The Morgan fingerprint density at radius 3 is 2.48 bits per heavy atom. The third kappa shape index (κ3) is 3.69. The summed E-state index contributed by atoms with van der Waals surface area (Å²) in [6.07, 6.45) is 0. The normalized spacial score (nSPS) is 10.6. The van der Waals surface area contributed by atoms with Crippen molar-refractivity contribution < 1.29 is 13.9 Å². The van der Waals surface area contributed by atoms with Crippen molar-refractivity contribution in [3.8, 4) is 23.0 Å². The monoisotopic (exact) mass is 310 g/mol. The Morgan fingerprint density at radius 2 is 1.74 bits per heavy atom.